The van der Waals surface area contributed by atoms with Crippen LogP contribution in [0.15, 0.2) is 30.2 Å². The number of fused-ring (bicyclic) bond motifs is 1. The first-order chi connectivity index (χ1) is 8.20. The van der Waals surface area contributed by atoms with E-state index in [0.29, 0.717) is 6.61 Å². The van der Waals surface area contributed by atoms with E-state index in [1.165, 1.54) is 22.6 Å². The van der Waals surface area contributed by atoms with E-state index in [-0.39, 0.29) is 5.97 Å². The van der Waals surface area contributed by atoms with Crippen molar-refractivity contribution in [3.8, 4) is 0 Å². The van der Waals surface area contributed by atoms with Crippen LogP contribution < -0.4 is 0 Å². The Labute approximate surface area is 105 Å². The molecule has 0 aliphatic heterocycles. The number of ether oxygens (including phenoxy) is 1. The third-order valence-corrected chi connectivity index (χ3v) is 3.59. The summed E-state index contributed by atoms with van der Waals surface area (Å²) in [5, 5.41) is 3.37. The van der Waals surface area contributed by atoms with Crippen molar-refractivity contribution in [3.63, 3.8) is 0 Å². The van der Waals surface area contributed by atoms with Gasteiger partial charge in [-0.3, -0.25) is 4.79 Å². The largest absolute Gasteiger partial charge is 0.466 e. The number of carbonyl (C=O) groups is 1. The van der Waals surface area contributed by atoms with E-state index < -0.39 is 0 Å². The zero-order valence-electron chi connectivity index (χ0n) is 9.73. The normalized spacial score (nSPS) is 10.4. The predicted octanol–water partition coefficient (Wildman–Crippen LogP) is 3.65. The van der Waals surface area contributed by atoms with Gasteiger partial charge in [0.15, 0.2) is 0 Å². The molecule has 1 aromatic heterocycles. The molecule has 0 amide bonds. The number of carbonyl (C=O) groups excluding carboxylic acids is 1. The van der Waals surface area contributed by atoms with Crippen LogP contribution in [-0.2, 0) is 16.0 Å². The number of hydrogen-bond acceptors (Lipinski definition) is 3. The molecule has 2 aromatic rings. The van der Waals surface area contributed by atoms with Crippen LogP contribution in [0.1, 0.15) is 18.1 Å². The Morgan fingerprint density at radius 1 is 1.53 bits per heavy atom. The van der Waals surface area contributed by atoms with E-state index in [4.69, 9.17) is 4.74 Å². The molecule has 0 atom stereocenters. The second-order valence-corrected chi connectivity index (χ2v) is 4.72. The highest BCUT2D eigenvalue weighted by atomic mass is 32.1. The van der Waals surface area contributed by atoms with Crippen molar-refractivity contribution in [2.75, 3.05) is 6.61 Å². The maximum atomic E-state index is 10.7. The van der Waals surface area contributed by atoms with Crippen molar-refractivity contribution >= 4 is 33.5 Å². The second kappa shape index (κ2) is 5.15. The summed E-state index contributed by atoms with van der Waals surface area (Å²) in [5.74, 6) is -0.224. The minimum Gasteiger partial charge on any atom is -0.466 e. The van der Waals surface area contributed by atoms with Crippen molar-refractivity contribution < 1.29 is 9.53 Å². The summed E-state index contributed by atoms with van der Waals surface area (Å²) >= 11 is 1.71. The highest BCUT2D eigenvalue weighted by Crippen LogP contribution is 2.27. The molecule has 0 saturated carbocycles. The predicted molar refractivity (Wildman–Crippen MR) is 72.3 cm³/mol. The van der Waals surface area contributed by atoms with E-state index in [1.807, 2.05) is 6.08 Å². The molecule has 0 aliphatic carbocycles. The van der Waals surface area contributed by atoms with E-state index in [9.17, 15) is 4.79 Å². The molecule has 0 radical (unpaired) electrons. The molecule has 17 heavy (non-hydrogen) atoms. The summed E-state index contributed by atoms with van der Waals surface area (Å²) in [4.78, 5) is 10.7. The molecule has 3 heteroatoms. The van der Waals surface area contributed by atoms with Gasteiger partial charge in [0.2, 0.25) is 0 Å². The van der Waals surface area contributed by atoms with Gasteiger partial charge in [-0.1, -0.05) is 24.8 Å². The van der Waals surface area contributed by atoms with Crippen molar-refractivity contribution in [2.24, 2.45) is 0 Å². The lowest BCUT2D eigenvalue weighted by atomic mass is 10.1. The van der Waals surface area contributed by atoms with Crippen molar-refractivity contribution in [2.45, 2.75) is 13.3 Å². The van der Waals surface area contributed by atoms with Gasteiger partial charge in [0.05, 0.1) is 6.61 Å². The van der Waals surface area contributed by atoms with Crippen LogP contribution in [-0.4, -0.2) is 12.6 Å². The van der Waals surface area contributed by atoms with Crippen LogP contribution in [0.4, 0.5) is 0 Å². The van der Waals surface area contributed by atoms with Crippen molar-refractivity contribution in [3.05, 3.63) is 41.3 Å². The van der Waals surface area contributed by atoms with Gasteiger partial charge >= 0.3 is 5.97 Å². The topological polar surface area (TPSA) is 26.3 Å². The summed E-state index contributed by atoms with van der Waals surface area (Å²) < 4.78 is 6.21. The second-order valence-electron chi connectivity index (χ2n) is 3.81. The van der Waals surface area contributed by atoms with Gasteiger partial charge in [-0.25, -0.2) is 0 Å². The summed E-state index contributed by atoms with van der Waals surface area (Å²) in [6.45, 7) is 5.64. The van der Waals surface area contributed by atoms with Gasteiger partial charge in [0.25, 0.3) is 0 Å². The number of benzene rings is 1. The van der Waals surface area contributed by atoms with Crippen LogP contribution in [0.25, 0.3) is 16.2 Å². The molecule has 0 spiro atoms. The standard InChI is InChI=1S/C14H14O2S/c1-3-11-4-5-13-12(6-7-16-10(2)15)9-17-14(13)8-11/h3-5,8-9H,1,6-7H2,2H3. The van der Waals surface area contributed by atoms with Crippen LogP contribution in [0.3, 0.4) is 0 Å². The Balaban J connectivity index is 2.18. The monoisotopic (exact) mass is 246 g/mol. The van der Waals surface area contributed by atoms with Gasteiger partial charge in [-0.2, -0.15) is 0 Å². The molecule has 2 nitrogen and oxygen atoms in total. The van der Waals surface area contributed by atoms with E-state index in [1.54, 1.807) is 11.3 Å². The first-order valence-electron chi connectivity index (χ1n) is 5.46. The molecule has 0 N–H and O–H groups in total. The van der Waals surface area contributed by atoms with Crippen LogP contribution in [0, 0.1) is 0 Å². The molecule has 1 aromatic carbocycles. The first kappa shape index (κ1) is 11.9. The Morgan fingerprint density at radius 2 is 2.35 bits per heavy atom. The van der Waals surface area contributed by atoms with Gasteiger partial charge in [0.1, 0.15) is 0 Å². The average Bonchev–Trinajstić information content (AvgIpc) is 2.71. The van der Waals surface area contributed by atoms with E-state index in [0.717, 1.165) is 12.0 Å². The van der Waals surface area contributed by atoms with Crippen LogP contribution >= 0.6 is 11.3 Å². The summed E-state index contributed by atoms with van der Waals surface area (Å²) in [6.07, 6.45) is 2.62. The minimum atomic E-state index is -0.224. The zero-order valence-corrected chi connectivity index (χ0v) is 10.5. The Hall–Kier alpha value is -1.61. The van der Waals surface area contributed by atoms with Gasteiger partial charge < -0.3 is 4.74 Å². The van der Waals surface area contributed by atoms with E-state index in [2.05, 4.69) is 30.2 Å². The average molecular weight is 246 g/mol. The molecule has 88 valence electrons. The third kappa shape index (κ3) is 2.74. The van der Waals surface area contributed by atoms with Crippen molar-refractivity contribution in [1.29, 1.82) is 0 Å². The third-order valence-electron chi connectivity index (χ3n) is 2.59. The molecule has 0 bridgehead atoms. The van der Waals surface area contributed by atoms with Gasteiger partial charge in [0, 0.05) is 18.0 Å². The minimum absolute atomic E-state index is 0.224. The quantitative estimate of drug-likeness (QED) is 0.770. The molecule has 1 heterocycles. The Morgan fingerprint density at radius 3 is 3.06 bits per heavy atom. The fourth-order valence-electron chi connectivity index (χ4n) is 1.73. The fraction of sp³-hybridized carbons (Fsp3) is 0.214. The first-order valence-corrected chi connectivity index (χ1v) is 6.34. The zero-order chi connectivity index (χ0) is 12.3. The summed E-state index contributed by atoms with van der Waals surface area (Å²) in [5.41, 5.74) is 2.37. The Kier molecular flexibility index (Phi) is 3.59. The molecular formula is C14H14O2S. The number of hydrogen-bond donors (Lipinski definition) is 0. The Bertz CT molecular complexity index is 554. The molecule has 0 aliphatic rings. The molecule has 0 unspecified atom stereocenters. The van der Waals surface area contributed by atoms with Crippen molar-refractivity contribution in [1.82, 2.24) is 0 Å². The smallest absolute Gasteiger partial charge is 0.302 e. The number of rotatable bonds is 4. The number of thiophene rings is 1. The van der Waals surface area contributed by atoms with Crippen LogP contribution in [0.2, 0.25) is 0 Å². The SMILES string of the molecule is C=Cc1ccc2c(CCOC(C)=O)csc2c1. The van der Waals surface area contributed by atoms with Gasteiger partial charge in [-0.15, -0.1) is 11.3 Å². The summed E-state index contributed by atoms with van der Waals surface area (Å²) in [7, 11) is 0. The maximum absolute atomic E-state index is 10.7. The lowest BCUT2D eigenvalue weighted by Gasteiger charge is -2.01. The van der Waals surface area contributed by atoms with Gasteiger partial charge in [-0.05, 0) is 28.0 Å². The molecular weight excluding hydrogens is 232 g/mol. The molecule has 0 saturated heterocycles. The highest BCUT2D eigenvalue weighted by molar-refractivity contribution is 7.17. The summed E-state index contributed by atoms with van der Waals surface area (Å²) in [6, 6.07) is 6.28. The molecule has 2 rings (SSSR count). The lowest BCUT2D eigenvalue weighted by molar-refractivity contribution is -0.140. The number of esters is 1. The van der Waals surface area contributed by atoms with Crippen LogP contribution in [0.5, 0.6) is 0 Å². The molecule has 0 fully saturated rings. The van der Waals surface area contributed by atoms with E-state index >= 15 is 0 Å². The lowest BCUT2D eigenvalue weighted by Crippen LogP contribution is -2.02. The highest BCUT2D eigenvalue weighted by Gasteiger charge is 2.04. The fourth-order valence-corrected chi connectivity index (χ4v) is 2.77. The maximum Gasteiger partial charge on any atom is 0.302 e.